The molecular weight excluding hydrogens is 460 g/mol. The van der Waals surface area contributed by atoms with Crippen LogP contribution in [0.1, 0.15) is 52.4 Å². The van der Waals surface area contributed by atoms with Crippen molar-refractivity contribution >= 4 is 21.6 Å². The van der Waals surface area contributed by atoms with Crippen LogP contribution in [-0.4, -0.2) is 33.7 Å². The summed E-state index contributed by atoms with van der Waals surface area (Å²) in [6, 6.07) is 20.5. The van der Waals surface area contributed by atoms with Gasteiger partial charge in [-0.2, -0.15) is 0 Å². The van der Waals surface area contributed by atoms with E-state index in [0.717, 1.165) is 22.4 Å². The summed E-state index contributed by atoms with van der Waals surface area (Å²) in [5, 5.41) is 2.85. The number of nitrogens with zero attached hydrogens (tertiary/aromatic N) is 1. The Morgan fingerprint density at radius 1 is 0.971 bits per heavy atom. The molecule has 0 saturated heterocycles. The van der Waals surface area contributed by atoms with Crippen LogP contribution in [0.3, 0.4) is 0 Å². The Morgan fingerprint density at radius 3 is 2.20 bits per heavy atom. The van der Waals surface area contributed by atoms with Crippen molar-refractivity contribution in [3.8, 4) is 5.75 Å². The number of hydrogen-bond acceptors (Lipinski definition) is 4. The highest BCUT2D eigenvalue weighted by molar-refractivity contribution is 7.92. The Bertz CT molecular complexity index is 1250. The Hall–Kier alpha value is -3.32. The number of sulfonamides is 1. The van der Waals surface area contributed by atoms with Gasteiger partial charge in [-0.05, 0) is 66.8 Å². The van der Waals surface area contributed by atoms with Crippen LogP contribution in [0, 0.1) is 13.8 Å². The first-order chi connectivity index (χ1) is 16.5. The number of anilines is 1. The Labute approximate surface area is 209 Å². The van der Waals surface area contributed by atoms with Gasteiger partial charge in [-0.25, -0.2) is 8.42 Å². The zero-order valence-electron chi connectivity index (χ0n) is 21.0. The maximum atomic E-state index is 12.5. The summed E-state index contributed by atoms with van der Waals surface area (Å²) >= 11 is 0. The van der Waals surface area contributed by atoms with Gasteiger partial charge in [0.05, 0.1) is 25.0 Å². The van der Waals surface area contributed by atoms with Gasteiger partial charge in [0.15, 0.2) is 0 Å². The van der Waals surface area contributed by atoms with Crippen LogP contribution in [0.5, 0.6) is 5.75 Å². The summed E-state index contributed by atoms with van der Waals surface area (Å²) in [5.41, 5.74) is 5.30. The molecule has 0 saturated carbocycles. The molecule has 0 atom stereocenters. The van der Waals surface area contributed by atoms with Gasteiger partial charge in [-0.3, -0.25) is 9.10 Å². The molecule has 186 valence electrons. The van der Waals surface area contributed by atoms with Crippen molar-refractivity contribution in [1.29, 1.82) is 0 Å². The zero-order chi connectivity index (χ0) is 25.6. The van der Waals surface area contributed by atoms with Crippen LogP contribution >= 0.6 is 0 Å². The number of carbonyl (C=O) groups excluding carboxylic acids is 1. The summed E-state index contributed by atoms with van der Waals surface area (Å²) in [4.78, 5) is 12.5. The minimum Gasteiger partial charge on any atom is -0.491 e. The molecule has 0 bridgehead atoms. The summed E-state index contributed by atoms with van der Waals surface area (Å²) in [5.74, 6) is 0.973. The van der Waals surface area contributed by atoms with Gasteiger partial charge >= 0.3 is 0 Å². The molecule has 0 spiro atoms. The van der Waals surface area contributed by atoms with Crippen LogP contribution in [0.15, 0.2) is 66.7 Å². The average Bonchev–Trinajstić information content (AvgIpc) is 2.81. The van der Waals surface area contributed by atoms with E-state index in [1.807, 2.05) is 50.2 Å². The molecule has 3 aromatic rings. The predicted molar refractivity (Wildman–Crippen MR) is 142 cm³/mol. The van der Waals surface area contributed by atoms with Gasteiger partial charge in [-0.15, -0.1) is 0 Å². The fraction of sp³-hybridized carbons (Fsp3) is 0.321. The van der Waals surface area contributed by atoms with E-state index in [4.69, 9.17) is 4.74 Å². The van der Waals surface area contributed by atoms with Gasteiger partial charge in [0.25, 0.3) is 5.91 Å². The van der Waals surface area contributed by atoms with Crippen molar-refractivity contribution < 1.29 is 17.9 Å². The first kappa shape index (κ1) is 26.3. The van der Waals surface area contributed by atoms with Gasteiger partial charge in [0.1, 0.15) is 12.4 Å². The highest BCUT2D eigenvalue weighted by Crippen LogP contribution is 2.24. The standard InChI is InChI=1S/C28H34N2O4S/c1-20(2)24-11-13-26(14-12-24)30(35(5,32)33)19-23-7-9-25(10-8-23)28(31)29-16-17-34-27-15-6-21(3)18-22(27)4/h6-15,18,20H,16-17,19H2,1-5H3,(H,29,31). The second-order valence-corrected chi connectivity index (χ2v) is 11.0. The fourth-order valence-corrected chi connectivity index (χ4v) is 4.63. The van der Waals surface area contributed by atoms with Crippen molar-refractivity contribution in [1.82, 2.24) is 5.32 Å². The van der Waals surface area contributed by atoms with Gasteiger partial charge < -0.3 is 10.1 Å². The van der Waals surface area contributed by atoms with E-state index in [9.17, 15) is 13.2 Å². The third-order valence-electron chi connectivity index (χ3n) is 5.77. The van der Waals surface area contributed by atoms with Crippen molar-refractivity contribution in [2.45, 2.75) is 40.2 Å². The molecular formula is C28H34N2O4S. The molecule has 3 rings (SSSR count). The molecule has 6 nitrogen and oxygen atoms in total. The van der Waals surface area contributed by atoms with E-state index in [-0.39, 0.29) is 12.5 Å². The molecule has 1 amide bonds. The Morgan fingerprint density at radius 2 is 1.63 bits per heavy atom. The van der Waals surface area contributed by atoms with E-state index in [0.29, 0.717) is 30.3 Å². The predicted octanol–water partition coefficient (Wildman–Crippen LogP) is 5.20. The molecule has 0 fully saturated rings. The highest BCUT2D eigenvalue weighted by Gasteiger charge is 2.18. The van der Waals surface area contributed by atoms with E-state index < -0.39 is 10.0 Å². The lowest BCUT2D eigenvalue weighted by Gasteiger charge is -2.23. The lowest BCUT2D eigenvalue weighted by atomic mass is 10.0. The van der Waals surface area contributed by atoms with E-state index in [1.54, 1.807) is 24.3 Å². The molecule has 0 unspecified atom stereocenters. The van der Waals surface area contributed by atoms with Crippen molar-refractivity contribution in [3.05, 3.63) is 94.5 Å². The molecule has 0 aliphatic heterocycles. The van der Waals surface area contributed by atoms with Gasteiger partial charge in [0, 0.05) is 5.56 Å². The first-order valence-electron chi connectivity index (χ1n) is 11.7. The summed E-state index contributed by atoms with van der Waals surface area (Å²) in [6.45, 7) is 9.15. The number of rotatable bonds is 10. The van der Waals surface area contributed by atoms with Crippen LogP contribution in [0.4, 0.5) is 5.69 Å². The third kappa shape index (κ3) is 7.33. The molecule has 0 aliphatic rings. The van der Waals surface area contributed by atoms with E-state index >= 15 is 0 Å². The molecule has 0 aromatic heterocycles. The maximum Gasteiger partial charge on any atom is 0.251 e. The highest BCUT2D eigenvalue weighted by atomic mass is 32.2. The first-order valence-corrected chi connectivity index (χ1v) is 13.5. The van der Waals surface area contributed by atoms with Crippen LogP contribution in [0.2, 0.25) is 0 Å². The molecule has 0 heterocycles. The minimum atomic E-state index is -3.48. The van der Waals surface area contributed by atoms with Crippen molar-refractivity contribution in [2.24, 2.45) is 0 Å². The van der Waals surface area contributed by atoms with Gasteiger partial charge in [-0.1, -0.05) is 55.8 Å². The smallest absolute Gasteiger partial charge is 0.251 e. The Balaban J connectivity index is 1.58. The topological polar surface area (TPSA) is 75.7 Å². The van der Waals surface area contributed by atoms with Crippen molar-refractivity contribution in [2.75, 3.05) is 23.7 Å². The summed E-state index contributed by atoms with van der Waals surface area (Å²) in [7, 11) is -3.48. The second-order valence-electron chi connectivity index (χ2n) is 9.09. The normalized spacial score (nSPS) is 11.4. The lowest BCUT2D eigenvalue weighted by Crippen LogP contribution is -2.29. The maximum absolute atomic E-state index is 12.5. The number of carbonyl (C=O) groups is 1. The molecule has 0 radical (unpaired) electrons. The van der Waals surface area contributed by atoms with Crippen LogP contribution in [0.25, 0.3) is 0 Å². The van der Waals surface area contributed by atoms with Crippen molar-refractivity contribution in [3.63, 3.8) is 0 Å². The Kier molecular flexibility index (Phi) is 8.57. The molecule has 7 heteroatoms. The van der Waals surface area contributed by atoms with E-state index in [2.05, 4.69) is 25.2 Å². The van der Waals surface area contributed by atoms with E-state index in [1.165, 1.54) is 16.1 Å². The van der Waals surface area contributed by atoms with Crippen LogP contribution in [-0.2, 0) is 16.6 Å². The minimum absolute atomic E-state index is 0.186. The number of hydrogen-bond donors (Lipinski definition) is 1. The SMILES string of the molecule is Cc1ccc(OCCNC(=O)c2ccc(CN(c3ccc(C(C)C)cc3)S(C)(=O)=O)cc2)c(C)c1. The largest absolute Gasteiger partial charge is 0.491 e. The number of nitrogens with one attached hydrogen (secondary N) is 1. The molecule has 3 aromatic carbocycles. The zero-order valence-corrected chi connectivity index (χ0v) is 21.9. The number of aryl methyl sites for hydroxylation is 2. The fourth-order valence-electron chi connectivity index (χ4n) is 3.74. The summed E-state index contributed by atoms with van der Waals surface area (Å²) in [6.07, 6.45) is 1.20. The number of amides is 1. The number of benzene rings is 3. The third-order valence-corrected chi connectivity index (χ3v) is 6.91. The second kappa shape index (κ2) is 11.4. The molecule has 0 aliphatic carbocycles. The number of ether oxygens (including phenoxy) is 1. The quantitative estimate of drug-likeness (QED) is 0.393. The summed E-state index contributed by atoms with van der Waals surface area (Å²) < 4.78 is 32.1. The molecule has 1 N–H and O–H groups in total. The van der Waals surface area contributed by atoms with Crippen LogP contribution < -0.4 is 14.4 Å². The average molecular weight is 495 g/mol. The lowest BCUT2D eigenvalue weighted by molar-refractivity contribution is 0.0947. The van der Waals surface area contributed by atoms with Gasteiger partial charge in [0.2, 0.25) is 10.0 Å². The monoisotopic (exact) mass is 494 g/mol. The molecule has 35 heavy (non-hydrogen) atoms.